The van der Waals surface area contributed by atoms with Gasteiger partial charge in [0.1, 0.15) is 12.1 Å². The predicted molar refractivity (Wildman–Crippen MR) is 116 cm³/mol. The lowest BCUT2D eigenvalue weighted by Gasteiger charge is -2.23. The lowest BCUT2D eigenvalue weighted by atomic mass is 9.90. The average Bonchev–Trinajstić information content (AvgIpc) is 2.97. The molecule has 1 unspecified atom stereocenters. The number of anilines is 1. The molecule has 1 aliphatic heterocycles. The van der Waals surface area contributed by atoms with E-state index in [-0.39, 0.29) is 12.5 Å². The minimum absolute atomic E-state index is 0.321. The van der Waals surface area contributed by atoms with E-state index >= 15 is 0 Å². The first-order chi connectivity index (χ1) is 14.3. The van der Waals surface area contributed by atoms with Crippen LogP contribution in [0.1, 0.15) is 18.1 Å². The van der Waals surface area contributed by atoms with Gasteiger partial charge in [0, 0.05) is 12.7 Å². The highest BCUT2D eigenvalue weighted by Gasteiger charge is 2.49. The summed E-state index contributed by atoms with van der Waals surface area (Å²) in [6.07, 6.45) is 0. The Kier molecular flexibility index (Phi) is 4.78. The molecule has 4 amide bonds. The molecule has 0 aliphatic carbocycles. The number of likely N-dealkylation sites (N-methyl/N-ethyl adjacent to an activating group) is 1. The zero-order valence-corrected chi connectivity index (χ0v) is 17.2. The molecular formula is C24H23N3O3. The van der Waals surface area contributed by atoms with Crippen molar-refractivity contribution in [3.8, 4) is 0 Å². The molecule has 0 radical (unpaired) electrons. The Morgan fingerprint density at radius 2 is 1.67 bits per heavy atom. The van der Waals surface area contributed by atoms with Crippen molar-refractivity contribution in [3.05, 3.63) is 77.9 Å². The zero-order chi connectivity index (χ0) is 21.5. The number of benzene rings is 3. The highest BCUT2D eigenvalue weighted by molar-refractivity contribution is 6.10. The van der Waals surface area contributed by atoms with E-state index in [0.717, 1.165) is 21.2 Å². The predicted octanol–water partition coefficient (Wildman–Crippen LogP) is 3.58. The van der Waals surface area contributed by atoms with Crippen molar-refractivity contribution < 1.29 is 14.4 Å². The molecule has 30 heavy (non-hydrogen) atoms. The number of imide groups is 1. The van der Waals surface area contributed by atoms with Gasteiger partial charge in [0.25, 0.3) is 5.91 Å². The molecule has 1 fully saturated rings. The van der Waals surface area contributed by atoms with Crippen LogP contribution in [0, 0.1) is 6.92 Å². The van der Waals surface area contributed by atoms with E-state index in [1.807, 2.05) is 73.7 Å². The molecule has 6 heteroatoms. The van der Waals surface area contributed by atoms with Gasteiger partial charge < -0.3 is 10.2 Å². The molecule has 4 rings (SSSR count). The van der Waals surface area contributed by atoms with Crippen LogP contribution in [0.3, 0.4) is 0 Å². The minimum atomic E-state index is -1.22. The average molecular weight is 401 g/mol. The van der Waals surface area contributed by atoms with Gasteiger partial charge in [0.05, 0.1) is 0 Å². The van der Waals surface area contributed by atoms with Crippen LogP contribution in [0.25, 0.3) is 10.8 Å². The summed E-state index contributed by atoms with van der Waals surface area (Å²) in [6.45, 7) is 3.32. The highest BCUT2D eigenvalue weighted by Crippen LogP contribution is 2.31. The Balaban J connectivity index is 1.57. The Hall–Kier alpha value is -3.67. The van der Waals surface area contributed by atoms with Crippen molar-refractivity contribution in [1.82, 2.24) is 10.2 Å². The van der Waals surface area contributed by atoms with Crippen LogP contribution < -0.4 is 10.2 Å². The summed E-state index contributed by atoms with van der Waals surface area (Å²) in [7, 11) is 1.63. The quantitative estimate of drug-likeness (QED) is 0.680. The van der Waals surface area contributed by atoms with Gasteiger partial charge in [-0.3, -0.25) is 14.5 Å². The molecule has 0 saturated carbocycles. The van der Waals surface area contributed by atoms with Crippen LogP contribution in [0.5, 0.6) is 0 Å². The first kappa shape index (κ1) is 19.6. The number of hydrogen-bond donors (Lipinski definition) is 1. The van der Waals surface area contributed by atoms with Crippen LogP contribution >= 0.6 is 0 Å². The van der Waals surface area contributed by atoms with Gasteiger partial charge in [-0.1, -0.05) is 54.1 Å². The molecule has 0 spiro atoms. The number of hydrogen-bond acceptors (Lipinski definition) is 3. The molecule has 3 aromatic rings. The van der Waals surface area contributed by atoms with Crippen molar-refractivity contribution >= 4 is 34.3 Å². The second kappa shape index (κ2) is 7.30. The van der Waals surface area contributed by atoms with Crippen molar-refractivity contribution in [1.29, 1.82) is 0 Å². The van der Waals surface area contributed by atoms with Gasteiger partial charge in [0.2, 0.25) is 5.91 Å². The number of nitrogens with one attached hydrogen (secondary N) is 1. The molecule has 0 bridgehead atoms. The van der Waals surface area contributed by atoms with Gasteiger partial charge in [-0.05, 0) is 48.4 Å². The van der Waals surface area contributed by atoms with Crippen LogP contribution in [0.15, 0.2) is 66.7 Å². The van der Waals surface area contributed by atoms with E-state index in [1.165, 1.54) is 4.90 Å². The summed E-state index contributed by atoms with van der Waals surface area (Å²) in [5, 5.41) is 4.80. The maximum absolute atomic E-state index is 13.2. The number of carbonyl (C=O) groups is 3. The fourth-order valence-corrected chi connectivity index (χ4v) is 3.69. The molecule has 3 aromatic carbocycles. The summed E-state index contributed by atoms with van der Waals surface area (Å²) in [5.74, 6) is -0.779. The third-order valence-electron chi connectivity index (χ3n) is 5.69. The van der Waals surface area contributed by atoms with Crippen molar-refractivity contribution in [2.75, 3.05) is 18.5 Å². The van der Waals surface area contributed by atoms with E-state index in [2.05, 4.69) is 5.32 Å². The SMILES string of the molecule is Cc1ccc(N(C)C(=O)CN2C(=O)NC(C)(c3ccc4ccccc4c3)C2=O)cc1. The molecular weight excluding hydrogens is 378 g/mol. The van der Waals surface area contributed by atoms with Crippen LogP contribution in [-0.2, 0) is 15.1 Å². The van der Waals surface area contributed by atoms with Gasteiger partial charge in [-0.25, -0.2) is 4.79 Å². The summed E-state index contributed by atoms with van der Waals surface area (Å²) < 4.78 is 0. The number of aryl methyl sites for hydroxylation is 1. The maximum Gasteiger partial charge on any atom is 0.325 e. The molecule has 6 nitrogen and oxygen atoms in total. The molecule has 1 N–H and O–H groups in total. The lowest BCUT2D eigenvalue weighted by molar-refractivity contribution is -0.134. The monoisotopic (exact) mass is 401 g/mol. The second-order valence-electron chi connectivity index (χ2n) is 7.80. The molecule has 1 aliphatic rings. The summed E-state index contributed by atoms with van der Waals surface area (Å²) >= 11 is 0. The van der Waals surface area contributed by atoms with Gasteiger partial charge in [-0.15, -0.1) is 0 Å². The Morgan fingerprint density at radius 3 is 2.37 bits per heavy atom. The first-order valence-electron chi connectivity index (χ1n) is 9.76. The highest BCUT2D eigenvalue weighted by atomic mass is 16.2. The number of rotatable bonds is 4. The lowest BCUT2D eigenvalue weighted by Crippen LogP contribution is -2.43. The number of amides is 4. The minimum Gasteiger partial charge on any atom is -0.319 e. The molecule has 1 heterocycles. The van der Waals surface area contributed by atoms with E-state index in [1.54, 1.807) is 14.0 Å². The standard InChI is InChI=1S/C24H23N3O3/c1-16-8-12-20(13-9-16)26(3)21(28)15-27-22(29)24(2,25-23(27)30)19-11-10-17-6-4-5-7-18(17)14-19/h4-14H,15H2,1-3H3,(H,25,30). The Bertz CT molecular complexity index is 1160. The third kappa shape index (κ3) is 3.30. The fraction of sp³-hybridized carbons (Fsp3) is 0.208. The van der Waals surface area contributed by atoms with Crippen LogP contribution in [-0.4, -0.2) is 36.3 Å². The molecule has 1 atom stereocenters. The number of fused-ring (bicyclic) bond motifs is 1. The van der Waals surface area contributed by atoms with Crippen molar-refractivity contribution in [2.45, 2.75) is 19.4 Å². The number of urea groups is 1. The third-order valence-corrected chi connectivity index (χ3v) is 5.69. The van der Waals surface area contributed by atoms with Gasteiger partial charge >= 0.3 is 6.03 Å². The summed E-state index contributed by atoms with van der Waals surface area (Å²) in [5.41, 5.74) is 1.25. The smallest absolute Gasteiger partial charge is 0.319 e. The molecule has 0 aromatic heterocycles. The van der Waals surface area contributed by atoms with E-state index < -0.39 is 17.5 Å². The van der Waals surface area contributed by atoms with Gasteiger partial charge in [0.15, 0.2) is 0 Å². The number of carbonyl (C=O) groups excluding carboxylic acids is 3. The van der Waals surface area contributed by atoms with Crippen LogP contribution in [0.2, 0.25) is 0 Å². The largest absolute Gasteiger partial charge is 0.325 e. The van der Waals surface area contributed by atoms with Crippen molar-refractivity contribution in [3.63, 3.8) is 0 Å². The maximum atomic E-state index is 13.2. The molecule has 1 saturated heterocycles. The number of nitrogens with zero attached hydrogens (tertiary/aromatic N) is 2. The van der Waals surface area contributed by atoms with Crippen LogP contribution in [0.4, 0.5) is 10.5 Å². The Labute approximate surface area is 175 Å². The van der Waals surface area contributed by atoms with E-state index in [9.17, 15) is 14.4 Å². The summed E-state index contributed by atoms with van der Waals surface area (Å²) in [6, 6.07) is 20.4. The van der Waals surface area contributed by atoms with Gasteiger partial charge in [-0.2, -0.15) is 0 Å². The van der Waals surface area contributed by atoms with Crippen molar-refractivity contribution in [2.24, 2.45) is 0 Å². The van der Waals surface area contributed by atoms with E-state index in [4.69, 9.17) is 0 Å². The summed E-state index contributed by atoms with van der Waals surface area (Å²) in [4.78, 5) is 41.0. The first-order valence-corrected chi connectivity index (χ1v) is 9.76. The zero-order valence-electron chi connectivity index (χ0n) is 17.2. The topological polar surface area (TPSA) is 69.7 Å². The second-order valence-corrected chi connectivity index (χ2v) is 7.80. The normalized spacial score (nSPS) is 18.6. The van der Waals surface area contributed by atoms with E-state index in [0.29, 0.717) is 11.3 Å². The Morgan fingerprint density at radius 1 is 1.00 bits per heavy atom. The molecule has 152 valence electrons. The fourth-order valence-electron chi connectivity index (χ4n) is 3.69.